The van der Waals surface area contributed by atoms with E-state index in [-0.39, 0.29) is 17.6 Å². The van der Waals surface area contributed by atoms with Crippen LogP contribution in [-0.2, 0) is 9.59 Å². The van der Waals surface area contributed by atoms with Crippen LogP contribution < -0.4 is 16.0 Å². The third-order valence-electron chi connectivity index (χ3n) is 6.98. The minimum absolute atomic E-state index is 0.0223. The molecule has 0 saturated carbocycles. The number of nitrogens with two attached hydrogens (primary N) is 1. The van der Waals surface area contributed by atoms with Gasteiger partial charge < -0.3 is 16.0 Å². The zero-order valence-electron chi connectivity index (χ0n) is 17.2. The second kappa shape index (κ2) is 8.19. The molecule has 3 aliphatic rings. The zero-order valence-corrected chi connectivity index (χ0v) is 17.2. The van der Waals surface area contributed by atoms with Crippen LogP contribution in [0.2, 0.25) is 0 Å². The number of piperidine rings is 1. The molecule has 6 nitrogen and oxygen atoms in total. The van der Waals surface area contributed by atoms with Crippen molar-refractivity contribution < 1.29 is 9.59 Å². The molecular formula is C23H32N4O2. The highest BCUT2D eigenvalue weighted by Crippen LogP contribution is 2.41. The smallest absolute Gasteiger partial charge is 0.248 e. The molecule has 3 fully saturated rings. The average molecular weight is 397 g/mol. The largest absolute Gasteiger partial charge is 0.366 e. The van der Waals surface area contributed by atoms with Gasteiger partial charge in [0.2, 0.25) is 11.8 Å². The van der Waals surface area contributed by atoms with Gasteiger partial charge >= 0.3 is 0 Å². The number of fused-ring (bicyclic) bond motifs is 1. The maximum Gasteiger partial charge on any atom is 0.248 e. The first-order chi connectivity index (χ1) is 14.0. The van der Waals surface area contributed by atoms with Crippen LogP contribution in [0.15, 0.2) is 30.8 Å². The van der Waals surface area contributed by atoms with Crippen molar-refractivity contribution in [3.05, 3.63) is 36.4 Å². The molecule has 3 saturated heterocycles. The van der Waals surface area contributed by atoms with Gasteiger partial charge in [0.05, 0.1) is 0 Å². The molecule has 3 aliphatic heterocycles. The van der Waals surface area contributed by atoms with E-state index in [0.29, 0.717) is 12.0 Å². The van der Waals surface area contributed by atoms with E-state index in [4.69, 9.17) is 5.73 Å². The molecule has 29 heavy (non-hydrogen) atoms. The molecule has 3 heterocycles. The predicted octanol–water partition coefficient (Wildman–Crippen LogP) is 2.64. The molecule has 156 valence electrons. The minimum atomic E-state index is -0.506. The Hall–Kier alpha value is -2.34. The lowest BCUT2D eigenvalue weighted by atomic mass is 9.90. The zero-order chi connectivity index (χ0) is 20.4. The summed E-state index contributed by atoms with van der Waals surface area (Å²) in [7, 11) is 0. The Labute approximate surface area is 173 Å². The molecule has 0 radical (unpaired) electrons. The molecular weight excluding hydrogens is 364 g/mol. The van der Waals surface area contributed by atoms with E-state index in [1.807, 2.05) is 24.3 Å². The quantitative estimate of drug-likeness (QED) is 0.725. The number of carbonyl (C=O) groups is 2. The molecule has 1 aromatic rings. The first-order valence-corrected chi connectivity index (χ1v) is 10.9. The molecule has 6 heteroatoms. The highest BCUT2D eigenvalue weighted by molar-refractivity contribution is 6.17. The van der Waals surface area contributed by atoms with Crippen molar-refractivity contribution in [1.29, 1.82) is 0 Å². The van der Waals surface area contributed by atoms with Crippen molar-refractivity contribution >= 4 is 23.1 Å². The Kier molecular flexibility index (Phi) is 5.63. The number of primary amides is 1. The average Bonchev–Trinajstić information content (AvgIpc) is 3.27. The van der Waals surface area contributed by atoms with E-state index in [1.165, 1.54) is 12.8 Å². The predicted molar refractivity (Wildman–Crippen MR) is 115 cm³/mol. The van der Waals surface area contributed by atoms with Crippen molar-refractivity contribution in [1.82, 2.24) is 10.2 Å². The molecule has 0 spiro atoms. The lowest BCUT2D eigenvalue weighted by molar-refractivity contribution is -0.124. The van der Waals surface area contributed by atoms with Crippen molar-refractivity contribution in [2.45, 2.75) is 63.1 Å². The highest BCUT2D eigenvalue weighted by atomic mass is 16.2. The van der Waals surface area contributed by atoms with E-state index in [1.54, 1.807) is 0 Å². The fraction of sp³-hybridized carbons (Fsp3) is 0.565. The van der Waals surface area contributed by atoms with E-state index in [9.17, 15) is 9.59 Å². The van der Waals surface area contributed by atoms with Gasteiger partial charge in [-0.3, -0.25) is 14.5 Å². The van der Waals surface area contributed by atoms with Crippen LogP contribution in [0, 0.1) is 0 Å². The van der Waals surface area contributed by atoms with Gasteiger partial charge in [0.15, 0.2) is 0 Å². The molecule has 3 N–H and O–H groups in total. The first kappa shape index (κ1) is 20.0. The monoisotopic (exact) mass is 396 g/mol. The molecule has 0 bridgehead atoms. The summed E-state index contributed by atoms with van der Waals surface area (Å²) in [6.07, 6.45) is 8.56. The molecule has 1 unspecified atom stereocenters. The maximum atomic E-state index is 13.0. The van der Waals surface area contributed by atoms with Crippen molar-refractivity contribution in [2.75, 3.05) is 24.5 Å². The maximum absolute atomic E-state index is 13.0. The molecule has 1 atom stereocenters. The lowest BCUT2D eigenvalue weighted by Crippen LogP contribution is -2.53. The Bertz CT molecular complexity index is 779. The van der Waals surface area contributed by atoms with E-state index >= 15 is 0 Å². The number of amides is 2. The summed E-state index contributed by atoms with van der Waals surface area (Å²) in [4.78, 5) is 29.1. The van der Waals surface area contributed by atoms with Gasteiger partial charge in [-0.05, 0) is 75.7 Å². The van der Waals surface area contributed by atoms with Crippen LogP contribution in [-0.4, -0.2) is 48.1 Å². The number of benzene rings is 1. The number of nitrogens with one attached hydrogen (secondary N) is 1. The van der Waals surface area contributed by atoms with Crippen molar-refractivity contribution in [3.63, 3.8) is 0 Å². The summed E-state index contributed by atoms with van der Waals surface area (Å²) in [6.45, 7) is 6.95. The fourth-order valence-electron chi connectivity index (χ4n) is 5.44. The van der Waals surface area contributed by atoms with Crippen molar-refractivity contribution in [2.24, 2.45) is 5.73 Å². The number of hydrogen-bond acceptors (Lipinski definition) is 4. The van der Waals surface area contributed by atoms with E-state index < -0.39 is 5.91 Å². The summed E-state index contributed by atoms with van der Waals surface area (Å²) >= 11 is 0. The normalized spacial score (nSPS) is 23.6. The molecule has 1 aromatic carbocycles. The van der Waals surface area contributed by atoms with Crippen LogP contribution >= 0.6 is 0 Å². The first-order valence-electron chi connectivity index (χ1n) is 10.9. The topological polar surface area (TPSA) is 78.7 Å². The van der Waals surface area contributed by atoms with Crippen molar-refractivity contribution in [3.8, 4) is 0 Å². The van der Waals surface area contributed by atoms with Gasteiger partial charge in [-0.2, -0.15) is 0 Å². The SMILES string of the molecule is C=C(C(N)=O)c1ccc(N2CCCCC2NC(=O)CC23CCCN2CCC3)cc1. The van der Waals surface area contributed by atoms with Gasteiger partial charge in [-0.25, -0.2) is 0 Å². The number of nitrogens with zero attached hydrogens (tertiary/aromatic N) is 2. The van der Waals surface area contributed by atoms with Crippen LogP contribution in [0.4, 0.5) is 5.69 Å². The standard InChI is InChI=1S/C23H32N4O2/c1-17(22(24)29)18-7-9-19(10-8-18)27-15-3-2-6-20(27)25-21(28)16-23-11-4-13-26(23)14-5-12-23/h7-10,20H,1-6,11-16H2,(H2,24,29)(H,25,28). The summed E-state index contributed by atoms with van der Waals surface area (Å²) < 4.78 is 0. The van der Waals surface area contributed by atoms with Gasteiger partial charge in [-0.1, -0.05) is 18.7 Å². The lowest BCUT2D eigenvalue weighted by Gasteiger charge is -2.39. The summed E-state index contributed by atoms with van der Waals surface area (Å²) in [5, 5.41) is 3.33. The summed E-state index contributed by atoms with van der Waals surface area (Å²) in [5.41, 5.74) is 7.55. The molecule has 4 rings (SSSR count). The summed E-state index contributed by atoms with van der Waals surface area (Å²) in [5.74, 6) is -0.331. The Morgan fingerprint density at radius 1 is 1.07 bits per heavy atom. The number of rotatable bonds is 6. The van der Waals surface area contributed by atoms with Crippen LogP contribution in [0.3, 0.4) is 0 Å². The molecule has 0 aliphatic carbocycles. The Morgan fingerprint density at radius 2 is 1.76 bits per heavy atom. The van der Waals surface area contributed by atoms with Gasteiger partial charge in [0.1, 0.15) is 6.17 Å². The minimum Gasteiger partial charge on any atom is -0.366 e. The number of carbonyl (C=O) groups excluding carboxylic acids is 2. The second-order valence-corrected chi connectivity index (χ2v) is 8.76. The van der Waals surface area contributed by atoms with E-state index in [0.717, 1.165) is 63.0 Å². The fourth-order valence-corrected chi connectivity index (χ4v) is 5.44. The van der Waals surface area contributed by atoms with Crippen LogP contribution in [0.25, 0.3) is 5.57 Å². The molecule has 2 amide bonds. The van der Waals surface area contributed by atoms with Crippen LogP contribution in [0.1, 0.15) is 56.9 Å². The number of hydrogen-bond donors (Lipinski definition) is 2. The summed E-state index contributed by atoms with van der Waals surface area (Å²) in [6, 6.07) is 7.73. The van der Waals surface area contributed by atoms with Crippen LogP contribution in [0.5, 0.6) is 0 Å². The second-order valence-electron chi connectivity index (χ2n) is 8.76. The van der Waals surface area contributed by atoms with E-state index in [2.05, 4.69) is 21.7 Å². The van der Waals surface area contributed by atoms with Gasteiger partial charge in [0, 0.05) is 29.8 Å². The number of anilines is 1. The Balaban J connectivity index is 1.43. The molecule has 0 aromatic heterocycles. The van der Waals surface area contributed by atoms with Gasteiger partial charge in [0.25, 0.3) is 0 Å². The van der Waals surface area contributed by atoms with Gasteiger partial charge in [-0.15, -0.1) is 0 Å². The Morgan fingerprint density at radius 3 is 2.41 bits per heavy atom. The third kappa shape index (κ3) is 4.04. The third-order valence-corrected chi connectivity index (χ3v) is 6.98. The highest BCUT2D eigenvalue weighted by Gasteiger charge is 2.45.